The van der Waals surface area contributed by atoms with Gasteiger partial charge in [-0.05, 0) is 84.3 Å². The first-order valence-electron chi connectivity index (χ1n) is 19.6. The minimum Gasteiger partial charge on any atom is -0.456 e. The van der Waals surface area contributed by atoms with Gasteiger partial charge in [0.15, 0.2) is 0 Å². The molecule has 1 heterocycles. The molecule has 210 valence electrons. The topological polar surface area (TPSA) is 13.1 Å². The van der Waals surface area contributed by atoms with Crippen LogP contribution < -0.4 is 0 Å². The highest BCUT2D eigenvalue weighted by molar-refractivity contribution is 6.26. The predicted octanol–water partition coefficient (Wildman–Crippen LogP) is 12.6. The normalized spacial score (nSPS) is 14.7. The molecule has 1 heteroatoms. The van der Waals surface area contributed by atoms with Gasteiger partial charge >= 0.3 is 0 Å². The van der Waals surface area contributed by atoms with Crippen LogP contribution in [0.1, 0.15) is 13.7 Å². The second-order valence-corrected chi connectivity index (χ2v) is 10.9. The minimum absolute atomic E-state index is 0.109. The van der Waals surface area contributed by atoms with E-state index in [1.165, 1.54) is 0 Å². The van der Waals surface area contributed by atoms with Crippen LogP contribution in [-0.4, -0.2) is 0 Å². The van der Waals surface area contributed by atoms with E-state index < -0.39 is 36.3 Å². The van der Waals surface area contributed by atoms with Crippen molar-refractivity contribution < 1.29 is 18.1 Å². The molecule has 9 rings (SSSR count). The van der Waals surface area contributed by atoms with E-state index in [2.05, 4.69) is 0 Å². The minimum atomic E-state index is -0.450. The fourth-order valence-electron chi connectivity index (χ4n) is 6.60. The summed E-state index contributed by atoms with van der Waals surface area (Å²) in [6, 6.07) is 31.0. The number of rotatable bonds is 4. The van der Waals surface area contributed by atoms with Crippen LogP contribution in [0.4, 0.5) is 0 Å². The molecule has 1 nitrogen and oxygen atoms in total. The molecule has 0 spiro atoms. The Balaban J connectivity index is 1.37. The molecule has 8 aromatic carbocycles. The Hall–Kier alpha value is -5.92. The van der Waals surface area contributed by atoms with Crippen molar-refractivity contribution in [3.63, 3.8) is 0 Å². The fraction of sp³-hybridized carbons (Fsp3) is 0. The number of fused-ring (bicyclic) bond motifs is 5. The lowest BCUT2D eigenvalue weighted by atomic mass is 9.83. The average molecular weight is 583 g/mol. The number of hydrogen-bond donors (Lipinski definition) is 0. The van der Waals surface area contributed by atoms with Crippen molar-refractivity contribution in [2.45, 2.75) is 0 Å². The quantitative estimate of drug-likeness (QED) is 0.188. The molecule has 0 radical (unpaired) electrons. The Bertz CT molecular complexity index is 3000. The maximum atomic E-state index is 8.83. The molecule has 0 saturated heterocycles. The lowest BCUT2D eigenvalue weighted by Crippen LogP contribution is -1.93. The summed E-state index contributed by atoms with van der Waals surface area (Å²) in [5, 5.41) is 5.13. The summed E-state index contributed by atoms with van der Waals surface area (Å²) >= 11 is 0. The first-order chi connectivity index (χ1) is 26.5. The highest BCUT2D eigenvalue weighted by Gasteiger charge is 2.21. The van der Waals surface area contributed by atoms with E-state index in [0.717, 1.165) is 54.6 Å². The van der Waals surface area contributed by atoms with Gasteiger partial charge in [-0.3, -0.25) is 0 Å². The second-order valence-electron chi connectivity index (χ2n) is 10.9. The number of benzene rings is 8. The van der Waals surface area contributed by atoms with Crippen LogP contribution >= 0.6 is 0 Å². The van der Waals surface area contributed by atoms with Gasteiger partial charge in [-0.15, -0.1) is 0 Å². The van der Waals surface area contributed by atoms with Gasteiger partial charge in [0.1, 0.15) is 11.2 Å². The van der Waals surface area contributed by atoms with E-state index in [1.807, 2.05) is 91.0 Å². The molecule has 0 aliphatic heterocycles. The van der Waals surface area contributed by atoms with Crippen LogP contribution in [0.5, 0.6) is 0 Å². The third-order valence-electron chi connectivity index (χ3n) is 8.45. The Morgan fingerprint density at radius 1 is 0.378 bits per heavy atom. The summed E-state index contributed by atoms with van der Waals surface area (Å²) in [6.45, 7) is 0. The van der Waals surface area contributed by atoms with Crippen molar-refractivity contribution in [3.05, 3.63) is 170 Å². The monoisotopic (exact) mass is 582 g/mol. The second kappa shape index (κ2) is 10.4. The smallest absolute Gasteiger partial charge is 0.136 e. The van der Waals surface area contributed by atoms with Gasteiger partial charge in [-0.2, -0.15) is 0 Å². The van der Waals surface area contributed by atoms with Crippen molar-refractivity contribution in [2.75, 3.05) is 0 Å². The van der Waals surface area contributed by atoms with E-state index in [4.69, 9.17) is 18.1 Å². The Labute approximate surface area is 275 Å². The van der Waals surface area contributed by atoms with Gasteiger partial charge in [0.05, 0.1) is 13.7 Å². The Morgan fingerprint density at radius 2 is 0.911 bits per heavy atom. The molecule has 0 fully saturated rings. The van der Waals surface area contributed by atoms with Crippen LogP contribution in [0, 0.1) is 0 Å². The maximum Gasteiger partial charge on any atom is 0.136 e. The average Bonchev–Trinajstić information content (AvgIpc) is 3.59. The van der Waals surface area contributed by atoms with Gasteiger partial charge in [0.25, 0.3) is 0 Å². The van der Waals surface area contributed by atoms with Crippen molar-refractivity contribution in [2.24, 2.45) is 0 Å². The first-order valence-corrected chi connectivity index (χ1v) is 14.6. The van der Waals surface area contributed by atoms with Gasteiger partial charge in [-0.25, -0.2) is 0 Å². The van der Waals surface area contributed by atoms with Crippen molar-refractivity contribution in [1.82, 2.24) is 0 Å². The van der Waals surface area contributed by atoms with Crippen LogP contribution in [0.15, 0.2) is 174 Å². The predicted molar refractivity (Wildman–Crippen MR) is 190 cm³/mol. The first kappa shape index (κ1) is 17.4. The van der Waals surface area contributed by atoms with Crippen LogP contribution in [0.3, 0.4) is 0 Å². The largest absolute Gasteiger partial charge is 0.456 e. The van der Waals surface area contributed by atoms with Gasteiger partial charge in [-0.1, -0.05) is 151 Å². The van der Waals surface area contributed by atoms with E-state index in [9.17, 15) is 0 Å². The highest BCUT2D eigenvalue weighted by Crippen LogP contribution is 2.48. The zero-order valence-corrected chi connectivity index (χ0v) is 23.8. The van der Waals surface area contributed by atoms with E-state index >= 15 is 0 Å². The molecule has 0 saturated carbocycles. The van der Waals surface area contributed by atoms with Crippen LogP contribution in [-0.2, 0) is 0 Å². The molecule has 0 amide bonds. The number of hydrogen-bond acceptors (Lipinski definition) is 1. The highest BCUT2D eigenvalue weighted by atomic mass is 16.3. The molecule has 0 aliphatic carbocycles. The summed E-state index contributed by atoms with van der Waals surface area (Å²) < 4.78 is 90.9. The molecule has 45 heavy (non-hydrogen) atoms. The zero-order chi connectivity index (χ0) is 38.4. The molecule has 0 atom stereocenters. The SMILES string of the molecule is [2H]c1c([2H])c([2H])c(-c2ccc3oc4cccc(-c5c6ccccc6c(-c6ccccc6-c6c([2H])c([2H])c([2H])c([2H])c6[2H])c6ccccc56)c4c3c2)c([2H])c1[2H]. The summed E-state index contributed by atoms with van der Waals surface area (Å²) in [7, 11) is 0. The molecular formula is C44H28O. The lowest BCUT2D eigenvalue weighted by molar-refractivity contribution is 0.669. The Kier molecular flexibility index (Phi) is 4.01. The summed E-state index contributed by atoms with van der Waals surface area (Å²) in [5.41, 5.74) is 5.79. The van der Waals surface area contributed by atoms with Crippen molar-refractivity contribution in [1.29, 1.82) is 0 Å². The molecule has 9 aromatic rings. The van der Waals surface area contributed by atoms with Crippen LogP contribution in [0.2, 0.25) is 0 Å². The van der Waals surface area contributed by atoms with E-state index in [1.54, 1.807) is 18.2 Å². The maximum absolute atomic E-state index is 8.83. The van der Waals surface area contributed by atoms with Gasteiger partial charge in [0.2, 0.25) is 0 Å². The Morgan fingerprint density at radius 3 is 1.56 bits per heavy atom. The molecule has 0 aliphatic rings. The van der Waals surface area contributed by atoms with E-state index in [-0.39, 0.29) is 35.3 Å². The lowest BCUT2D eigenvalue weighted by Gasteiger charge is -2.20. The van der Waals surface area contributed by atoms with Crippen molar-refractivity contribution in [3.8, 4) is 44.5 Å². The van der Waals surface area contributed by atoms with Crippen LogP contribution in [0.25, 0.3) is 88.0 Å². The number of furan rings is 1. The van der Waals surface area contributed by atoms with E-state index in [0.29, 0.717) is 22.3 Å². The summed E-state index contributed by atoms with van der Waals surface area (Å²) in [5.74, 6) is 0. The molecule has 0 N–H and O–H groups in total. The van der Waals surface area contributed by atoms with Crippen molar-refractivity contribution >= 4 is 43.5 Å². The fourth-order valence-corrected chi connectivity index (χ4v) is 6.60. The third-order valence-corrected chi connectivity index (χ3v) is 8.45. The van der Waals surface area contributed by atoms with Gasteiger partial charge < -0.3 is 4.42 Å². The summed E-state index contributed by atoms with van der Waals surface area (Å²) in [6.07, 6.45) is 0. The van der Waals surface area contributed by atoms with Gasteiger partial charge in [0, 0.05) is 10.8 Å². The molecular weight excluding hydrogens is 544 g/mol. The molecule has 0 unspecified atom stereocenters. The standard InChI is InChI=1S/C44H28O/c1-3-14-29(15-4-1)31-26-27-40-39(28-31)44-38(24-13-25-41(44)45-40)43-36-22-11-9-20-34(36)42(35-21-10-12-23-37(35)43)33-19-8-7-18-32(33)30-16-5-2-6-17-30/h1-28H/i1D,2D,3D,4D,5D,6D,14D,15D,16D,17D. The molecule has 0 bridgehead atoms. The third kappa shape index (κ3) is 4.09. The zero-order valence-electron chi connectivity index (χ0n) is 33.8. The summed E-state index contributed by atoms with van der Waals surface area (Å²) in [4.78, 5) is 0. The molecule has 1 aromatic heterocycles.